The van der Waals surface area contributed by atoms with Crippen molar-refractivity contribution >= 4 is 23.2 Å². The summed E-state index contributed by atoms with van der Waals surface area (Å²) < 4.78 is 0. The van der Waals surface area contributed by atoms with Crippen LogP contribution in [0.3, 0.4) is 0 Å². The number of nitrogens with zero attached hydrogens (tertiary/aromatic N) is 4. The zero-order valence-corrected chi connectivity index (χ0v) is 17.8. The Kier molecular flexibility index (Phi) is 7.75. The molecule has 0 bridgehead atoms. The molecule has 0 atom stereocenters. The molecule has 0 fully saturated rings. The molecule has 2 rings (SSSR count). The Morgan fingerprint density at radius 1 is 1.07 bits per heavy atom. The molecule has 1 aromatic carbocycles. The summed E-state index contributed by atoms with van der Waals surface area (Å²) in [6, 6.07) is 7.98. The zero-order valence-electron chi connectivity index (χ0n) is 17.8. The molecule has 152 valence electrons. The lowest BCUT2D eigenvalue weighted by atomic mass is 10.1. The van der Waals surface area contributed by atoms with Gasteiger partial charge in [-0.25, -0.2) is 9.97 Å². The van der Waals surface area contributed by atoms with Gasteiger partial charge >= 0.3 is 0 Å². The first-order valence-electron chi connectivity index (χ1n) is 9.75. The fraction of sp³-hybridized carbons (Fsp3) is 0.476. The van der Waals surface area contributed by atoms with Crippen molar-refractivity contribution in [1.29, 1.82) is 0 Å². The zero-order chi connectivity index (χ0) is 20.7. The number of aromatic nitrogens is 2. The Bertz CT molecular complexity index is 801. The minimum Gasteiger partial charge on any atom is -0.372 e. The highest BCUT2D eigenvalue weighted by Gasteiger charge is 2.12. The first-order chi connectivity index (χ1) is 13.3. The molecule has 0 aliphatic heterocycles. The van der Waals surface area contributed by atoms with E-state index in [9.17, 15) is 4.79 Å². The lowest BCUT2D eigenvalue weighted by Gasteiger charge is -2.22. The highest BCUT2D eigenvalue weighted by molar-refractivity contribution is 5.92. The van der Waals surface area contributed by atoms with Crippen LogP contribution in [0.1, 0.15) is 35.6 Å². The van der Waals surface area contributed by atoms with Gasteiger partial charge in [-0.05, 0) is 71.6 Å². The Labute approximate surface area is 168 Å². The maximum atomic E-state index is 12.4. The van der Waals surface area contributed by atoms with E-state index in [0.29, 0.717) is 18.2 Å². The average molecular weight is 385 g/mol. The van der Waals surface area contributed by atoms with Crippen LogP contribution in [-0.4, -0.2) is 61.0 Å². The second kappa shape index (κ2) is 10.0. The summed E-state index contributed by atoms with van der Waals surface area (Å²) in [5, 5.41) is 6.14. The van der Waals surface area contributed by atoms with E-state index in [1.54, 1.807) is 6.07 Å². The Morgan fingerprint density at radius 3 is 2.39 bits per heavy atom. The third-order valence-electron chi connectivity index (χ3n) is 4.52. The molecule has 7 nitrogen and oxygen atoms in total. The Hall–Kier alpha value is -2.67. The van der Waals surface area contributed by atoms with E-state index in [4.69, 9.17) is 0 Å². The van der Waals surface area contributed by atoms with Gasteiger partial charge in [-0.2, -0.15) is 0 Å². The highest BCUT2D eigenvalue weighted by Crippen LogP contribution is 2.24. The van der Waals surface area contributed by atoms with Crippen LogP contribution in [0.15, 0.2) is 24.3 Å². The molecular weight excluding hydrogens is 352 g/mol. The number of carbonyl (C=O) groups is 1. The number of nitrogens with one attached hydrogen (secondary N) is 2. The quantitative estimate of drug-likeness (QED) is 0.692. The Balaban J connectivity index is 2.16. The molecule has 1 heterocycles. The second-order valence-corrected chi connectivity index (χ2v) is 7.07. The van der Waals surface area contributed by atoms with E-state index < -0.39 is 0 Å². The second-order valence-electron chi connectivity index (χ2n) is 7.07. The number of hydrogen-bond donors (Lipinski definition) is 2. The maximum Gasteiger partial charge on any atom is 0.270 e. The third kappa shape index (κ3) is 5.92. The topological polar surface area (TPSA) is 73.4 Å². The average Bonchev–Trinajstić information content (AvgIpc) is 2.64. The van der Waals surface area contributed by atoms with Crippen LogP contribution < -0.4 is 15.5 Å². The van der Waals surface area contributed by atoms with Crippen molar-refractivity contribution in [3.05, 3.63) is 41.2 Å². The van der Waals surface area contributed by atoms with Crippen LogP contribution in [0.5, 0.6) is 0 Å². The van der Waals surface area contributed by atoms with E-state index in [0.717, 1.165) is 36.6 Å². The SMILES string of the molecule is CCN(CC)c1ccc(Nc2nc(C)cc(C(=O)NCCN(C)C)n2)c(C)c1. The van der Waals surface area contributed by atoms with Crippen molar-refractivity contribution in [2.45, 2.75) is 27.7 Å². The number of anilines is 3. The van der Waals surface area contributed by atoms with Gasteiger partial charge in [-0.1, -0.05) is 0 Å². The number of carbonyl (C=O) groups excluding carboxylic acids is 1. The van der Waals surface area contributed by atoms with E-state index in [1.165, 1.54) is 5.69 Å². The van der Waals surface area contributed by atoms with E-state index >= 15 is 0 Å². The highest BCUT2D eigenvalue weighted by atomic mass is 16.1. The lowest BCUT2D eigenvalue weighted by molar-refractivity contribution is 0.0946. The van der Waals surface area contributed by atoms with Crippen LogP contribution in [0.4, 0.5) is 17.3 Å². The van der Waals surface area contributed by atoms with Gasteiger partial charge in [0.1, 0.15) is 5.69 Å². The van der Waals surface area contributed by atoms with Crippen LogP contribution in [-0.2, 0) is 0 Å². The van der Waals surface area contributed by atoms with Gasteiger partial charge in [0, 0.05) is 43.2 Å². The van der Waals surface area contributed by atoms with Crippen molar-refractivity contribution < 1.29 is 4.79 Å². The van der Waals surface area contributed by atoms with Crippen molar-refractivity contribution in [1.82, 2.24) is 20.2 Å². The molecule has 0 saturated carbocycles. The molecule has 0 unspecified atom stereocenters. The summed E-state index contributed by atoms with van der Waals surface area (Å²) in [7, 11) is 3.94. The molecular formula is C21H32N6O. The maximum absolute atomic E-state index is 12.4. The predicted octanol–water partition coefficient (Wildman–Crippen LogP) is 2.97. The molecule has 0 aliphatic carbocycles. The van der Waals surface area contributed by atoms with Gasteiger partial charge in [0.05, 0.1) is 0 Å². The molecule has 2 aromatic rings. The summed E-state index contributed by atoms with van der Waals surface area (Å²) in [4.78, 5) is 25.5. The molecule has 0 aliphatic rings. The van der Waals surface area contributed by atoms with Gasteiger partial charge in [-0.15, -0.1) is 0 Å². The van der Waals surface area contributed by atoms with Gasteiger partial charge in [0.2, 0.25) is 5.95 Å². The number of likely N-dealkylation sites (N-methyl/N-ethyl adjacent to an activating group) is 1. The summed E-state index contributed by atoms with van der Waals surface area (Å²) in [5.41, 5.74) is 4.34. The molecule has 1 amide bonds. The van der Waals surface area contributed by atoms with Crippen molar-refractivity contribution in [3.63, 3.8) is 0 Å². The number of amides is 1. The third-order valence-corrected chi connectivity index (χ3v) is 4.52. The first kappa shape index (κ1) is 21.6. The van der Waals surface area contributed by atoms with Crippen LogP contribution in [0.25, 0.3) is 0 Å². The lowest BCUT2D eigenvalue weighted by Crippen LogP contribution is -2.32. The van der Waals surface area contributed by atoms with Gasteiger partial charge < -0.3 is 20.4 Å². The van der Waals surface area contributed by atoms with E-state index in [2.05, 4.69) is 58.4 Å². The number of hydrogen-bond acceptors (Lipinski definition) is 6. The van der Waals surface area contributed by atoms with Crippen LogP contribution in [0, 0.1) is 13.8 Å². The van der Waals surface area contributed by atoms with Crippen molar-refractivity contribution in [3.8, 4) is 0 Å². The predicted molar refractivity (Wildman–Crippen MR) is 116 cm³/mol. The van der Waals surface area contributed by atoms with Gasteiger partial charge in [0.15, 0.2) is 0 Å². The summed E-state index contributed by atoms with van der Waals surface area (Å²) in [6.07, 6.45) is 0. The fourth-order valence-electron chi connectivity index (χ4n) is 2.92. The largest absolute Gasteiger partial charge is 0.372 e. The molecule has 28 heavy (non-hydrogen) atoms. The summed E-state index contributed by atoms with van der Waals surface area (Å²) in [5.74, 6) is 0.237. The van der Waals surface area contributed by atoms with Gasteiger partial charge in [-0.3, -0.25) is 4.79 Å². The Morgan fingerprint density at radius 2 is 1.79 bits per heavy atom. The van der Waals surface area contributed by atoms with Crippen LogP contribution in [0.2, 0.25) is 0 Å². The molecule has 0 saturated heterocycles. The molecule has 0 radical (unpaired) electrons. The normalized spacial score (nSPS) is 10.8. The van der Waals surface area contributed by atoms with Gasteiger partial charge in [0.25, 0.3) is 5.91 Å². The van der Waals surface area contributed by atoms with E-state index in [1.807, 2.05) is 32.0 Å². The fourth-order valence-corrected chi connectivity index (χ4v) is 2.92. The smallest absolute Gasteiger partial charge is 0.270 e. The number of aryl methyl sites for hydroxylation is 2. The summed E-state index contributed by atoms with van der Waals surface area (Å²) in [6.45, 7) is 11.5. The van der Waals surface area contributed by atoms with E-state index in [-0.39, 0.29) is 5.91 Å². The molecule has 1 aromatic heterocycles. The molecule has 7 heteroatoms. The molecule has 2 N–H and O–H groups in total. The standard InChI is InChI=1S/C21H32N6O/c1-7-27(8-2)17-9-10-18(15(3)13-17)24-21-23-16(4)14-19(25-21)20(28)22-11-12-26(5)6/h9-10,13-14H,7-8,11-12H2,1-6H3,(H,22,28)(H,23,24,25). The monoisotopic (exact) mass is 384 g/mol. The minimum atomic E-state index is -0.191. The molecule has 0 spiro atoms. The summed E-state index contributed by atoms with van der Waals surface area (Å²) >= 11 is 0. The number of benzene rings is 1. The first-order valence-corrected chi connectivity index (χ1v) is 9.75. The minimum absolute atomic E-state index is 0.191. The number of rotatable bonds is 9. The van der Waals surface area contributed by atoms with Crippen molar-refractivity contribution in [2.24, 2.45) is 0 Å². The van der Waals surface area contributed by atoms with Crippen LogP contribution >= 0.6 is 0 Å². The van der Waals surface area contributed by atoms with Crippen molar-refractivity contribution in [2.75, 3.05) is 50.5 Å².